The number of hydrogen-bond donors (Lipinski definition) is 4. The number of primary amides is 1. The number of hydrogen-bond acceptors (Lipinski definition) is 5. The lowest BCUT2D eigenvalue weighted by molar-refractivity contribution is -0.192. The Bertz CT molecular complexity index is 1020. The van der Waals surface area contributed by atoms with Gasteiger partial charge in [-0.15, -0.1) is 0 Å². The lowest BCUT2D eigenvalue weighted by atomic mass is 9.80. The molecule has 0 fully saturated rings. The van der Waals surface area contributed by atoms with E-state index in [4.69, 9.17) is 25.7 Å². The van der Waals surface area contributed by atoms with E-state index in [1.807, 2.05) is 22.8 Å². The predicted octanol–water partition coefficient (Wildman–Crippen LogP) is 0.497. The van der Waals surface area contributed by atoms with Gasteiger partial charge < -0.3 is 25.5 Å². The molecule has 0 aliphatic carbocycles. The molecule has 0 unspecified atom stereocenters. The van der Waals surface area contributed by atoms with Crippen LogP contribution in [0.2, 0.25) is 0 Å². The van der Waals surface area contributed by atoms with E-state index in [1.54, 1.807) is 30.6 Å². The Morgan fingerprint density at radius 3 is 2.17 bits per heavy atom. The van der Waals surface area contributed by atoms with Crippen LogP contribution in [-0.2, 0) is 11.3 Å². The number of aliphatic carboxylic acids is 1. The minimum Gasteiger partial charge on any atom is -0.475 e. The zero-order chi connectivity index (χ0) is 21.8. The van der Waals surface area contributed by atoms with Crippen LogP contribution in [-0.4, -0.2) is 49.9 Å². The molecule has 12 heteroatoms. The van der Waals surface area contributed by atoms with Crippen molar-refractivity contribution in [3.63, 3.8) is 0 Å². The van der Waals surface area contributed by atoms with E-state index in [1.165, 1.54) is 0 Å². The summed E-state index contributed by atoms with van der Waals surface area (Å²) in [6.45, 7) is 0.591. The van der Waals surface area contributed by atoms with Gasteiger partial charge in [0.15, 0.2) is 0 Å². The fourth-order valence-corrected chi connectivity index (χ4v) is 2.33. The van der Waals surface area contributed by atoms with Gasteiger partial charge in [-0.2, -0.15) is 13.2 Å². The molecule has 1 amide bonds. The average Bonchev–Trinajstić information content (AvgIpc) is 3.04. The number of amides is 1. The largest absolute Gasteiger partial charge is 0.490 e. The van der Waals surface area contributed by atoms with Gasteiger partial charge in [-0.1, -0.05) is 24.3 Å². The van der Waals surface area contributed by atoms with E-state index in [0.29, 0.717) is 23.1 Å². The molecular formula is C17H15BF3N3O5. The highest BCUT2D eigenvalue weighted by Gasteiger charge is 2.38. The van der Waals surface area contributed by atoms with E-state index in [0.717, 1.165) is 11.1 Å². The van der Waals surface area contributed by atoms with Gasteiger partial charge in [0, 0.05) is 12.1 Å². The number of imidazole rings is 1. The topological polar surface area (TPSA) is 139 Å². The second kappa shape index (κ2) is 8.75. The van der Waals surface area contributed by atoms with Crippen molar-refractivity contribution in [2.45, 2.75) is 12.7 Å². The van der Waals surface area contributed by atoms with Crippen LogP contribution in [0.5, 0.6) is 0 Å². The number of nitrogens with zero attached hydrogens (tertiary/aromatic N) is 2. The van der Waals surface area contributed by atoms with Crippen molar-refractivity contribution in [3.05, 3.63) is 59.9 Å². The highest BCUT2D eigenvalue weighted by atomic mass is 19.4. The molecule has 152 valence electrons. The first-order chi connectivity index (χ1) is 13.5. The fraction of sp³-hybridized carbons (Fsp3) is 0.118. The summed E-state index contributed by atoms with van der Waals surface area (Å²) in [7, 11) is -1.46. The fourth-order valence-electron chi connectivity index (χ4n) is 2.33. The third-order valence-electron chi connectivity index (χ3n) is 3.78. The highest BCUT2D eigenvalue weighted by molar-refractivity contribution is 6.58. The van der Waals surface area contributed by atoms with Crippen molar-refractivity contribution in [1.29, 1.82) is 0 Å². The minimum absolute atomic E-state index is 0.430. The first-order valence-electron chi connectivity index (χ1n) is 7.99. The van der Waals surface area contributed by atoms with Crippen LogP contribution in [0.1, 0.15) is 15.9 Å². The first-order valence-corrected chi connectivity index (χ1v) is 7.99. The number of carbonyl (C=O) groups is 2. The van der Waals surface area contributed by atoms with Gasteiger partial charge in [0.2, 0.25) is 5.91 Å². The van der Waals surface area contributed by atoms with Gasteiger partial charge in [0.05, 0.1) is 17.4 Å². The standard InChI is InChI=1S/C15H14BN3O3.C2HF3O2/c17-15(20)11-3-6-14-13(7-11)18-9-19(14)8-10-1-4-12(5-2-10)16(21)22;3-2(4,5)1(6)7/h1-7,9,21-22H,8H2,(H2,17,20);(H,6,7). The maximum absolute atomic E-state index is 11.2. The Kier molecular flexibility index (Phi) is 6.62. The molecule has 1 aromatic heterocycles. The number of alkyl halides is 3. The molecule has 0 atom stereocenters. The summed E-state index contributed by atoms with van der Waals surface area (Å²) in [5.74, 6) is -3.23. The maximum atomic E-state index is 11.2. The maximum Gasteiger partial charge on any atom is 0.490 e. The molecule has 0 aliphatic rings. The third-order valence-corrected chi connectivity index (χ3v) is 3.78. The summed E-state index contributed by atoms with van der Waals surface area (Å²) in [6.07, 6.45) is -3.38. The monoisotopic (exact) mass is 409 g/mol. The number of benzene rings is 2. The number of halogens is 3. The Balaban J connectivity index is 0.000000370. The second-order valence-corrected chi connectivity index (χ2v) is 5.86. The van der Waals surface area contributed by atoms with Crippen molar-refractivity contribution in [3.8, 4) is 0 Å². The molecule has 29 heavy (non-hydrogen) atoms. The average molecular weight is 409 g/mol. The van der Waals surface area contributed by atoms with Gasteiger partial charge in [-0.3, -0.25) is 4.79 Å². The molecule has 0 radical (unpaired) electrons. The molecule has 8 nitrogen and oxygen atoms in total. The molecule has 1 heterocycles. The molecule has 3 rings (SSSR count). The van der Waals surface area contributed by atoms with Gasteiger partial charge in [-0.25, -0.2) is 9.78 Å². The summed E-state index contributed by atoms with van der Waals surface area (Å²) in [4.78, 5) is 24.4. The van der Waals surface area contributed by atoms with E-state index < -0.39 is 25.2 Å². The van der Waals surface area contributed by atoms with Gasteiger partial charge in [-0.05, 0) is 29.2 Å². The Morgan fingerprint density at radius 1 is 1.10 bits per heavy atom. The van der Waals surface area contributed by atoms with Crippen LogP contribution in [0.25, 0.3) is 11.0 Å². The molecule has 0 aliphatic heterocycles. The van der Waals surface area contributed by atoms with Gasteiger partial charge in [0.1, 0.15) is 0 Å². The van der Waals surface area contributed by atoms with Crippen molar-refractivity contribution in [2.24, 2.45) is 5.73 Å². The summed E-state index contributed by atoms with van der Waals surface area (Å²) in [6, 6.07) is 12.2. The summed E-state index contributed by atoms with van der Waals surface area (Å²) < 4.78 is 33.7. The van der Waals surface area contributed by atoms with Crippen LogP contribution in [0, 0.1) is 0 Å². The lowest BCUT2D eigenvalue weighted by Gasteiger charge is -2.06. The van der Waals surface area contributed by atoms with Crippen LogP contribution in [0.3, 0.4) is 0 Å². The number of rotatable bonds is 4. The number of fused-ring (bicyclic) bond motifs is 1. The molecule has 5 N–H and O–H groups in total. The summed E-state index contributed by atoms with van der Waals surface area (Å²) >= 11 is 0. The normalized spacial score (nSPS) is 10.9. The molecule has 0 spiro atoms. The predicted molar refractivity (Wildman–Crippen MR) is 97.3 cm³/mol. The minimum atomic E-state index is -5.08. The number of carboxylic acids is 1. The van der Waals surface area contributed by atoms with Crippen molar-refractivity contribution < 1.29 is 37.9 Å². The Labute approximate surface area is 162 Å². The van der Waals surface area contributed by atoms with Crippen molar-refractivity contribution in [1.82, 2.24) is 9.55 Å². The number of carbonyl (C=O) groups excluding carboxylic acids is 1. The van der Waals surface area contributed by atoms with Gasteiger partial charge in [0.25, 0.3) is 0 Å². The molecular weight excluding hydrogens is 394 g/mol. The zero-order valence-electron chi connectivity index (χ0n) is 14.7. The molecule has 0 saturated heterocycles. The van der Waals surface area contributed by atoms with Crippen LogP contribution in [0.4, 0.5) is 13.2 Å². The first kappa shape index (κ1) is 21.9. The highest BCUT2D eigenvalue weighted by Crippen LogP contribution is 2.16. The Hall–Kier alpha value is -3.38. The molecule has 3 aromatic rings. The molecule has 2 aromatic carbocycles. The molecule has 0 bridgehead atoms. The van der Waals surface area contributed by atoms with E-state index in [2.05, 4.69) is 4.98 Å². The number of nitrogens with two attached hydrogens (primary N) is 1. The van der Waals surface area contributed by atoms with E-state index in [-0.39, 0.29) is 0 Å². The summed E-state index contributed by atoms with van der Waals surface area (Å²) in [5, 5.41) is 25.3. The summed E-state index contributed by atoms with van der Waals surface area (Å²) in [5.41, 5.74) is 8.75. The quantitative estimate of drug-likeness (QED) is 0.463. The van der Waals surface area contributed by atoms with Crippen LogP contribution < -0.4 is 11.2 Å². The van der Waals surface area contributed by atoms with Gasteiger partial charge >= 0.3 is 19.3 Å². The van der Waals surface area contributed by atoms with Crippen molar-refractivity contribution >= 4 is 35.5 Å². The number of carboxylic acid groups (broad SMARTS) is 1. The SMILES string of the molecule is NC(=O)c1ccc2c(c1)ncn2Cc1ccc(B(O)O)cc1.O=C(O)C(F)(F)F. The zero-order valence-corrected chi connectivity index (χ0v) is 14.7. The smallest absolute Gasteiger partial charge is 0.475 e. The van der Waals surface area contributed by atoms with E-state index in [9.17, 15) is 18.0 Å². The molecule has 0 saturated carbocycles. The number of aromatic nitrogens is 2. The lowest BCUT2D eigenvalue weighted by Crippen LogP contribution is -2.29. The Morgan fingerprint density at radius 2 is 1.69 bits per heavy atom. The van der Waals surface area contributed by atoms with Crippen molar-refractivity contribution in [2.75, 3.05) is 0 Å². The van der Waals surface area contributed by atoms with Crippen LogP contribution >= 0.6 is 0 Å². The third kappa shape index (κ3) is 5.80. The second-order valence-electron chi connectivity index (χ2n) is 5.86. The van der Waals surface area contributed by atoms with E-state index >= 15 is 0 Å². The van der Waals surface area contributed by atoms with Crippen LogP contribution in [0.15, 0.2) is 48.8 Å².